The highest BCUT2D eigenvalue weighted by Gasteiger charge is 2.29. The molecule has 3 heteroatoms. The highest BCUT2D eigenvalue weighted by molar-refractivity contribution is 5.77. The first kappa shape index (κ1) is 14.8. The molecule has 0 saturated carbocycles. The molecule has 0 aliphatic carbocycles. The number of hydrogen-bond acceptors (Lipinski definition) is 2. The molecule has 2 aliphatic rings. The molecule has 1 amide bonds. The molecule has 1 N–H and O–H groups in total. The van der Waals surface area contributed by atoms with Gasteiger partial charge in [-0.25, -0.2) is 0 Å². The monoisotopic (exact) mass is 266 g/mol. The van der Waals surface area contributed by atoms with Gasteiger partial charge in [0.05, 0.1) is 0 Å². The van der Waals surface area contributed by atoms with E-state index in [0.29, 0.717) is 30.3 Å². The van der Waals surface area contributed by atoms with Crippen LogP contribution in [0.15, 0.2) is 0 Å². The van der Waals surface area contributed by atoms with E-state index in [2.05, 4.69) is 24.1 Å². The van der Waals surface area contributed by atoms with Gasteiger partial charge in [0.2, 0.25) is 5.91 Å². The Kier molecular flexibility index (Phi) is 5.68. The molecule has 2 fully saturated rings. The second-order valence-corrected chi connectivity index (χ2v) is 6.38. The van der Waals surface area contributed by atoms with Crippen molar-refractivity contribution in [1.82, 2.24) is 10.2 Å². The first-order chi connectivity index (χ1) is 9.22. The van der Waals surface area contributed by atoms with Crippen LogP contribution in [-0.4, -0.2) is 36.0 Å². The summed E-state index contributed by atoms with van der Waals surface area (Å²) in [6.45, 7) is 6.57. The number of likely N-dealkylation sites (tertiary alicyclic amines) is 1. The summed E-state index contributed by atoms with van der Waals surface area (Å²) < 4.78 is 0. The first-order valence-electron chi connectivity index (χ1n) is 8.25. The minimum atomic E-state index is 0.389. The standard InChI is InChI=1S/C16H30N2O/c1-3-14-9-5-4-6-11-18(14)16(19)12-15-13(2)8-7-10-17-15/h13-15,17H,3-12H2,1-2H3. The second-order valence-electron chi connectivity index (χ2n) is 6.38. The average molecular weight is 266 g/mol. The van der Waals surface area contributed by atoms with Crippen LogP contribution in [0.3, 0.4) is 0 Å². The lowest BCUT2D eigenvalue weighted by Crippen LogP contribution is -2.46. The van der Waals surface area contributed by atoms with Crippen molar-refractivity contribution >= 4 is 5.91 Å². The summed E-state index contributed by atoms with van der Waals surface area (Å²) in [7, 11) is 0. The van der Waals surface area contributed by atoms with E-state index in [9.17, 15) is 4.79 Å². The molecule has 3 atom stereocenters. The van der Waals surface area contributed by atoms with Crippen LogP contribution in [0.5, 0.6) is 0 Å². The van der Waals surface area contributed by atoms with Gasteiger partial charge in [-0.05, 0) is 44.6 Å². The summed E-state index contributed by atoms with van der Waals surface area (Å²) in [6.07, 6.45) is 9.32. The lowest BCUT2D eigenvalue weighted by atomic mass is 9.90. The Hall–Kier alpha value is -0.570. The Bertz CT molecular complexity index is 292. The summed E-state index contributed by atoms with van der Waals surface area (Å²) in [5.41, 5.74) is 0. The fourth-order valence-electron chi connectivity index (χ4n) is 3.62. The Morgan fingerprint density at radius 2 is 2.05 bits per heavy atom. The van der Waals surface area contributed by atoms with Crippen LogP contribution in [0, 0.1) is 5.92 Å². The van der Waals surface area contributed by atoms with Crippen LogP contribution in [0.4, 0.5) is 0 Å². The summed E-state index contributed by atoms with van der Waals surface area (Å²) in [5, 5.41) is 3.54. The number of amides is 1. The van der Waals surface area contributed by atoms with E-state index in [1.165, 1.54) is 38.5 Å². The maximum Gasteiger partial charge on any atom is 0.224 e. The van der Waals surface area contributed by atoms with Crippen LogP contribution >= 0.6 is 0 Å². The molecule has 0 aromatic carbocycles. The molecule has 110 valence electrons. The van der Waals surface area contributed by atoms with Gasteiger partial charge < -0.3 is 10.2 Å². The number of nitrogens with one attached hydrogen (secondary N) is 1. The van der Waals surface area contributed by atoms with E-state index in [0.717, 1.165) is 19.5 Å². The fraction of sp³-hybridized carbons (Fsp3) is 0.938. The van der Waals surface area contributed by atoms with E-state index >= 15 is 0 Å². The van der Waals surface area contributed by atoms with Crippen molar-refractivity contribution in [2.24, 2.45) is 5.92 Å². The van der Waals surface area contributed by atoms with Crippen molar-refractivity contribution in [1.29, 1.82) is 0 Å². The minimum absolute atomic E-state index is 0.389. The van der Waals surface area contributed by atoms with Gasteiger partial charge in [-0.2, -0.15) is 0 Å². The predicted octanol–water partition coefficient (Wildman–Crippen LogP) is 2.95. The van der Waals surface area contributed by atoms with Crippen molar-refractivity contribution in [3.05, 3.63) is 0 Å². The number of nitrogens with zero attached hydrogens (tertiary/aromatic N) is 1. The van der Waals surface area contributed by atoms with Crippen molar-refractivity contribution in [3.63, 3.8) is 0 Å². The molecule has 0 spiro atoms. The number of carbonyl (C=O) groups is 1. The van der Waals surface area contributed by atoms with Crippen molar-refractivity contribution in [2.45, 2.75) is 77.3 Å². The van der Waals surface area contributed by atoms with Gasteiger partial charge >= 0.3 is 0 Å². The molecular formula is C16H30N2O. The normalized spacial score (nSPS) is 32.9. The number of carbonyl (C=O) groups excluding carboxylic acids is 1. The fourth-order valence-corrected chi connectivity index (χ4v) is 3.62. The molecule has 19 heavy (non-hydrogen) atoms. The zero-order valence-electron chi connectivity index (χ0n) is 12.7. The Labute approximate surface area is 118 Å². The van der Waals surface area contributed by atoms with Crippen molar-refractivity contribution in [3.8, 4) is 0 Å². The van der Waals surface area contributed by atoms with E-state index in [-0.39, 0.29) is 0 Å². The van der Waals surface area contributed by atoms with Crippen LogP contribution < -0.4 is 5.32 Å². The zero-order valence-corrected chi connectivity index (χ0v) is 12.7. The molecule has 2 heterocycles. The number of rotatable bonds is 3. The van der Waals surface area contributed by atoms with Gasteiger partial charge in [-0.3, -0.25) is 4.79 Å². The van der Waals surface area contributed by atoms with Gasteiger partial charge in [-0.1, -0.05) is 26.7 Å². The summed E-state index contributed by atoms with van der Waals surface area (Å²) in [4.78, 5) is 14.8. The zero-order chi connectivity index (χ0) is 13.7. The third-order valence-corrected chi connectivity index (χ3v) is 4.99. The molecule has 0 radical (unpaired) electrons. The number of hydrogen-bond donors (Lipinski definition) is 1. The van der Waals surface area contributed by atoms with Gasteiger partial charge in [0, 0.05) is 25.0 Å². The summed E-state index contributed by atoms with van der Waals surface area (Å²) in [5.74, 6) is 1.03. The van der Waals surface area contributed by atoms with E-state index < -0.39 is 0 Å². The summed E-state index contributed by atoms with van der Waals surface area (Å²) >= 11 is 0. The molecule has 2 aliphatic heterocycles. The number of piperidine rings is 1. The van der Waals surface area contributed by atoms with Gasteiger partial charge in [-0.15, -0.1) is 0 Å². The molecule has 2 rings (SSSR count). The highest BCUT2D eigenvalue weighted by atomic mass is 16.2. The SMILES string of the molecule is CCC1CCCCCN1C(=O)CC1NCCCC1C. The second kappa shape index (κ2) is 7.28. The van der Waals surface area contributed by atoms with E-state index in [4.69, 9.17) is 0 Å². The first-order valence-corrected chi connectivity index (χ1v) is 8.25. The third kappa shape index (κ3) is 3.95. The lowest BCUT2D eigenvalue weighted by molar-refractivity contribution is -0.134. The van der Waals surface area contributed by atoms with Gasteiger partial charge in [0.15, 0.2) is 0 Å². The summed E-state index contributed by atoms with van der Waals surface area (Å²) in [6, 6.07) is 0.899. The van der Waals surface area contributed by atoms with Crippen LogP contribution in [0.1, 0.15) is 65.2 Å². The molecule has 2 saturated heterocycles. The largest absolute Gasteiger partial charge is 0.340 e. The van der Waals surface area contributed by atoms with Crippen LogP contribution in [-0.2, 0) is 4.79 Å². The molecule has 3 unspecified atom stereocenters. The quantitative estimate of drug-likeness (QED) is 0.852. The third-order valence-electron chi connectivity index (χ3n) is 4.99. The lowest BCUT2D eigenvalue weighted by Gasteiger charge is -2.34. The Morgan fingerprint density at radius 1 is 1.21 bits per heavy atom. The van der Waals surface area contributed by atoms with Gasteiger partial charge in [0.25, 0.3) is 0 Å². The van der Waals surface area contributed by atoms with Gasteiger partial charge in [0.1, 0.15) is 0 Å². The Balaban J connectivity index is 1.92. The molecular weight excluding hydrogens is 236 g/mol. The van der Waals surface area contributed by atoms with E-state index in [1.807, 2.05) is 0 Å². The maximum atomic E-state index is 12.6. The smallest absolute Gasteiger partial charge is 0.224 e. The van der Waals surface area contributed by atoms with Crippen LogP contribution in [0.25, 0.3) is 0 Å². The molecule has 0 aromatic heterocycles. The predicted molar refractivity (Wildman–Crippen MR) is 79.1 cm³/mol. The molecule has 3 nitrogen and oxygen atoms in total. The molecule has 0 bridgehead atoms. The highest BCUT2D eigenvalue weighted by Crippen LogP contribution is 2.23. The maximum absolute atomic E-state index is 12.6. The minimum Gasteiger partial charge on any atom is -0.340 e. The topological polar surface area (TPSA) is 32.3 Å². The molecule has 0 aromatic rings. The average Bonchev–Trinajstić information content (AvgIpc) is 2.66. The Morgan fingerprint density at radius 3 is 2.79 bits per heavy atom. The van der Waals surface area contributed by atoms with Crippen LogP contribution in [0.2, 0.25) is 0 Å². The van der Waals surface area contributed by atoms with Crippen molar-refractivity contribution < 1.29 is 4.79 Å². The van der Waals surface area contributed by atoms with Crippen molar-refractivity contribution in [2.75, 3.05) is 13.1 Å². The van der Waals surface area contributed by atoms with E-state index in [1.54, 1.807) is 0 Å².